The maximum absolute atomic E-state index is 13.3. The van der Waals surface area contributed by atoms with Gasteiger partial charge < -0.3 is 5.21 Å². The molecule has 0 unspecified atom stereocenters. The molecular formula is C22H12N4O. The Morgan fingerprint density at radius 1 is 0.556 bits per heavy atom. The van der Waals surface area contributed by atoms with E-state index in [-0.39, 0.29) is 0 Å². The van der Waals surface area contributed by atoms with Crippen LogP contribution in [0.5, 0.6) is 0 Å². The minimum Gasteiger partial charge on any atom is -0.618 e. The van der Waals surface area contributed by atoms with Gasteiger partial charge in [0.15, 0.2) is 5.52 Å². The minimum absolute atomic E-state index is 0.459. The molecule has 0 fully saturated rings. The first-order valence-corrected chi connectivity index (χ1v) is 8.70. The lowest BCUT2D eigenvalue weighted by Crippen LogP contribution is -2.29. The van der Waals surface area contributed by atoms with E-state index in [1.165, 1.54) is 0 Å². The zero-order valence-electron chi connectivity index (χ0n) is 14.1. The van der Waals surface area contributed by atoms with Gasteiger partial charge in [0, 0.05) is 16.8 Å². The second kappa shape index (κ2) is 5.08. The van der Waals surface area contributed by atoms with Gasteiger partial charge in [-0.1, -0.05) is 48.5 Å². The molecule has 2 aromatic heterocycles. The van der Waals surface area contributed by atoms with Crippen LogP contribution in [-0.2, 0) is 0 Å². The van der Waals surface area contributed by atoms with E-state index in [0.717, 1.165) is 32.1 Å². The number of fused-ring (bicyclic) bond motifs is 8. The molecule has 0 amide bonds. The Bertz CT molecular complexity index is 1540. The van der Waals surface area contributed by atoms with Crippen molar-refractivity contribution in [2.24, 2.45) is 0 Å². The van der Waals surface area contributed by atoms with Gasteiger partial charge in [-0.05, 0) is 18.2 Å². The van der Waals surface area contributed by atoms with Crippen LogP contribution in [0.15, 0.2) is 72.8 Å². The van der Waals surface area contributed by atoms with Gasteiger partial charge in [-0.3, -0.25) is 0 Å². The van der Waals surface area contributed by atoms with E-state index < -0.39 is 0 Å². The third-order valence-corrected chi connectivity index (χ3v) is 4.99. The first-order chi connectivity index (χ1) is 13.3. The number of nitrogens with zero attached hydrogens (tertiary/aromatic N) is 4. The highest BCUT2D eigenvalue weighted by molar-refractivity contribution is 6.21. The van der Waals surface area contributed by atoms with E-state index in [1.807, 2.05) is 66.7 Å². The number of aromatic nitrogens is 4. The zero-order chi connectivity index (χ0) is 18.0. The molecule has 0 radical (unpaired) electrons. The monoisotopic (exact) mass is 348 g/mol. The van der Waals surface area contributed by atoms with Gasteiger partial charge in [-0.2, -0.15) is 4.73 Å². The fourth-order valence-corrected chi connectivity index (χ4v) is 3.77. The van der Waals surface area contributed by atoms with E-state index in [0.29, 0.717) is 27.6 Å². The fraction of sp³-hybridized carbons (Fsp3) is 0. The molecule has 27 heavy (non-hydrogen) atoms. The highest BCUT2D eigenvalue weighted by Gasteiger charge is 2.21. The van der Waals surface area contributed by atoms with E-state index in [1.54, 1.807) is 6.07 Å². The smallest absolute Gasteiger partial charge is 0.271 e. The predicted octanol–water partition coefficient (Wildman–Crippen LogP) is 4.27. The molecule has 0 saturated heterocycles. The molecular weight excluding hydrogens is 336 g/mol. The Kier molecular flexibility index (Phi) is 2.69. The average molecular weight is 348 g/mol. The normalized spacial score (nSPS) is 11.9. The number of para-hydroxylation sites is 4. The predicted molar refractivity (Wildman–Crippen MR) is 106 cm³/mol. The van der Waals surface area contributed by atoms with Gasteiger partial charge in [-0.25, -0.2) is 15.0 Å². The van der Waals surface area contributed by atoms with Crippen LogP contribution in [0, 0.1) is 5.21 Å². The van der Waals surface area contributed by atoms with Gasteiger partial charge in [0.05, 0.1) is 11.0 Å². The molecule has 0 saturated carbocycles. The lowest BCUT2D eigenvalue weighted by Gasteiger charge is -2.11. The summed E-state index contributed by atoms with van der Waals surface area (Å²) in [4.78, 5) is 14.4. The Morgan fingerprint density at radius 2 is 1.07 bits per heavy atom. The van der Waals surface area contributed by atoms with Crippen LogP contribution in [0.3, 0.4) is 0 Å². The number of benzene rings is 4. The van der Waals surface area contributed by atoms with Crippen molar-refractivity contribution in [3.8, 4) is 0 Å². The summed E-state index contributed by atoms with van der Waals surface area (Å²) in [5.41, 5.74) is 5.16. The summed E-state index contributed by atoms with van der Waals surface area (Å²) in [5, 5.41) is 15.1. The molecule has 5 heteroatoms. The summed E-state index contributed by atoms with van der Waals surface area (Å²) >= 11 is 0. The molecule has 0 aliphatic rings. The molecule has 0 aliphatic heterocycles. The summed E-state index contributed by atoms with van der Waals surface area (Å²) in [7, 11) is 0. The Balaban J connectivity index is 2.01. The molecule has 2 heterocycles. The molecule has 0 atom stereocenters. The summed E-state index contributed by atoms with van der Waals surface area (Å²) in [5.74, 6) is 0. The second-order valence-electron chi connectivity index (χ2n) is 6.55. The third-order valence-electron chi connectivity index (χ3n) is 4.99. The van der Waals surface area contributed by atoms with Crippen molar-refractivity contribution in [1.82, 2.24) is 15.0 Å². The summed E-state index contributed by atoms with van der Waals surface area (Å²) in [6.07, 6.45) is 0. The van der Waals surface area contributed by atoms with Crippen LogP contribution in [0.2, 0.25) is 0 Å². The van der Waals surface area contributed by atoms with Crippen molar-refractivity contribution in [3.63, 3.8) is 0 Å². The molecule has 0 spiro atoms. The maximum Gasteiger partial charge on any atom is 0.271 e. The van der Waals surface area contributed by atoms with Gasteiger partial charge in [-0.15, -0.1) is 0 Å². The first-order valence-electron chi connectivity index (χ1n) is 8.70. The molecule has 6 aromatic rings. The quantitative estimate of drug-likeness (QED) is 0.178. The average Bonchev–Trinajstić information content (AvgIpc) is 2.73. The van der Waals surface area contributed by atoms with E-state index in [4.69, 9.17) is 15.0 Å². The topological polar surface area (TPSA) is 65.6 Å². The van der Waals surface area contributed by atoms with Crippen molar-refractivity contribution < 1.29 is 4.73 Å². The second-order valence-corrected chi connectivity index (χ2v) is 6.55. The molecule has 6 rings (SSSR count). The molecule has 0 bridgehead atoms. The van der Waals surface area contributed by atoms with Crippen LogP contribution in [-0.4, -0.2) is 15.0 Å². The van der Waals surface area contributed by atoms with Gasteiger partial charge in [0.2, 0.25) is 5.52 Å². The van der Waals surface area contributed by atoms with Crippen LogP contribution in [0.4, 0.5) is 0 Å². The number of rotatable bonds is 0. The van der Waals surface area contributed by atoms with Crippen LogP contribution >= 0.6 is 0 Å². The van der Waals surface area contributed by atoms with E-state index >= 15 is 0 Å². The molecule has 5 nitrogen and oxygen atoms in total. The summed E-state index contributed by atoms with van der Waals surface area (Å²) in [6, 6.07) is 23.0. The molecule has 0 N–H and O–H groups in total. The van der Waals surface area contributed by atoms with Crippen molar-refractivity contribution in [3.05, 3.63) is 78.0 Å². The first kappa shape index (κ1) is 14.3. The lowest BCUT2D eigenvalue weighted by molar-refractivity contribution is -0.547. The van der Waals surface area contributed by atoms with Gasteiger partial charge >= 0.3 is 0 Å². The molecule has 126 valence electrons. The Hall–Kier alpha value is -3.86. The minimum atomic E-state index is 0.459. The highest BCUT2D eigenvalue weighted by atomic mass is 16.5. The van der Waals surface area contributed by atoms with Gasteiger partial charge in [0.1, 0.15) is 16.6 Å². The van der Waals surface area contributed by atoms with Crippen LogP contribution in [0.1, 0.15) is 0 Å². The summed E-state index contributed by atoms with van der Waals surface area (Å²) < 4.78 is 0.940. The largest absolute Gasteiger partial charge is 0.618 e. The Labute approximate surface area is 153 Å². The fourth-order valence-electron chi connectivity index (χ4n) is 3.77. The Morgan fingerprint density at radius 3 is 1.81 bits per heavy atom. The van der Waals surface area contributed by atoms with Crippen molar-refractivity contribution in [1.29, 1.82) is 0 Å². The SMILES string of the molecule is [O-][n+]1c2ccccc2nc2c3ccccc3c3nc4ccccc4nc3c21. The summed E-state index contributed by atoms with van der Waals surface area (Å²) in [6.45, 7) is 0. The lowest BCUT2D eigenvalue weighted by atomic mass is 10.1. The zero-order valence-corrected chi connectivity index (χ0v) is 14.1. The van der Waals surface area contributed by atoms with Crippen LogP contribution < -0.4 is 4.73 Å². The standard InChI is InChI=1S/C22H12N4O/c27-26-18-12-6-5-11-17(18)25-20-14-8-2-1-7-13(14)19-21(22(20)26)24-16-10-4-3-9-15(16)23-19/h1-12H. The third kappa shape index (κ3) is 1.88. The number of hydrogen-bond acceptors (Lipinski definition) is 4. The molecule has 0 aliphatic carbocycles. The number of hydrogen-bond donors (Lipinski definition) is 0. The van der Waals surface area contributed by atoms with Crippen molar-refractivity contribution in [2.75, 3.05) is 0 Å². The maximum atomic E-state index is 13.3. The van der Waals surface area contributed by atoms with Crippen molar-refractivity contribution in [2.45, 2.75) is 0 Å². The van der Waals surface area contributed by atoms with E-state index in [2.05, 4.69) is 0 Å². The van der Waals surface area contributed by atoms with Crippen LogP contribution in [0.25, 0.3) is 54.9 Å². The van der Waals surface area contributed by atoms with E-state index in [9.17, 15) is 5.21 Å². The highest BCUT2D eigenvalue weighted by Crippen LogP contribution is 2.32. The van der Waals surface area contributed by atoms with Gasteiger partial charge in [0.25, 0.3) is 5.52 Å². The molecule has 4 aromatic carbocycles. The van der Waals surface area contributed by atoms with Crippen molar-refractivity contribution >= 4 is 54.9 Å².